The lowest BCUT2D eigenvalue weighted by Gasteiger charge is -2.16. The first-order valence-electron chi connectivity index (χ1n) is 7.98. The maximum Gasteiger partial charge on any atom is 0.218 e. The van der Waals surface area contributed by atoms with E-state index in [2.05, 4.69) is 20.5 Å². The third-order valence-corrected chi connectivity index (χ3v) is 3.55. The first-order valence-corrected chi connectivity index (χ1v) is 7.98. The van der Waals surface area contributed by atoms with Crippen LogP contribution in [0, 0.1) is 5.82 Å². The molecule has 0 radical (unpaired) electrons. The number of nitrogens with zero attached hydrogens (tertiary/aromatic N) is 2. The number of para-hydroxylation sites is 1. The summed E-state index contributed by atoms with van der Waals surface area (Å²) < 4.78 is 25.4. The summed E-state index contributed by atoms with van der Waals surface area (Å²) in [6.45, 7) is 2.99. The van der Waals surface area contributed by atoms with Crippen LogP contribution >= 0.6 is 0 Å². The Kier molecular flexibility index (Phi) is 5.46. The average Bonchev–Trinajstić information content (AvgIpc) is 3.14. The van der Waals surface area contributed by atoms with E-state index < -0.39 is 0 Å². The summed E-state index contributed by atoms with van der Waals surface area (Å²) in [5, 5.41) is 9.65. The fraction of sp³-hybridized carbons (Fsp3) is 0.222. The van der Waals surface area contributed by atoms with Crippen LogP contribution < -0.4 is 14.8 Å². The van der Waals surface area contributed by atoms with Gasteiger partial charge in [0.2, 0.25) is 5.95 Å². The highest BCUT2D eigenvalue weighted by Gasteiger charge is 2.13. The lowest BCUT2D eigenvalue weighted by Crippen LogP contribution is -2.07. The van der Waals surface area contributed by atoms with E-state index in [0.717, 1.165) is 5.56 Å². The predicted octanol–water partition coefficient (Wildman–Crippen LogP) is 3.53. The molecule has 0 aliphatic heterocycles. The summed E-state index contributed by atoms with van der Waals surface area (Å²) >= 11 is 0. The Morgan fingerprint density at radius 2 is 1.92 bits per heavy atom. The minimum Gasteiger partial charge on any atom is -0.490 e. The second-order valence-corrected chi connectivity index (χ2v) is 5.25. The molecule has 3 rings (SSSR count). The molecule has 0 bridgehead atoms. The van der Waals surface area contributed by atoms with E-state index in [1.54, 1.807) is 18.2 Å². The minimum atomic E-state index is -0.294. The van der Waals surface area contributed by atoms with Crippen LogP contribution in [0.4, 0.5) is 10.3 Å². The van der Waals surface area contributed by atoms with Crippen molar-refractivity contribution in [1.82, 2.24) is 15.2 Å². The summed E-state index contributed by atoms with van der Waals surface area (Å²) in [4.78, 5) is 4.03. The van der Waals surface area contributed by atoms with Crippen molar-refractivity contribution in [2.75, 3.05) is 11.9 Å². The number of nitrogens with one attached hydrogen (secondary N) is 2. The molecule has 6 nitrogen and oxygen atoms in total. The predicted molar refractivity (Wildman–Crippen MR) is 92.1 cm³/mol. The SMILES string of the molecule is CCOc1cccc(CNc2ncn[nH]2)c1OCc1ccccc1F. The number of rotatable bonds is 8. The van der Waals surface area contributed by atoms with E-state index in [9.17, 15) is 4.39 Å². The summed E-state index contributed by atoms with van der Waals surface area (Å²) in [7, 11) is 0. The number of benzene rings is 2. The summed E-state index contributed by atoms with van der Waals surface area (Å²) in [6.07, 6.45) is 1.43. The molecular weight excluding hydrogens is 323 g/mol. The Hall–Kier alpha value is -3.09. The normalized spacial score (nSPS) is 10.5. The van der Waals surface area contributed by atoms with E-state index in [4.69, 9.17) is 9.47 Å². The minimum absolute atomic E-state index is 0.117. The average molecular weight is 342 g/mol. The van der Waals surface area contributed by atoms with Crippen molar-refractivity contribution in [3.63, 3.8) is 0 Å². The largest absolute Gasteiger partial charge is 0.490 e. The number of hydrogen-bond acceptors (Lipinski definition) is 5. The number of H-pyrrole nitrogens is 1. The van der Waals surface area contributed by atoms with Crippen LogP contribution in [0.15, 0.2) is 48.8 Å². The van der Waals surface area contributed by atoms with E-state index in [1.807, 2.05) is 25.1 Å². The first kappa shape index (κ1) is 16.8. The third-order valence-electron chi connectivity index (χ3n) is 3.55. The number of hydrogen-bond donors (Lipinski definition) is 2. The van der Waals surface area contributed by atoms with Crippen molar-refractivity contribution >= 4 is 5.95 Å². The van der Waals surface area contributed by atoms with Crippen molar-refractivity contribution in [2.45, 2.75) is 20.1 Å². The van der Waals surface area contributed by atoms with E-state index >= 15 is 0 Å². The molecule has 0 amide bonds. The van der Waals surface area contributed by atoms with Gasteiger partial charge >= 0.3 is 0 Å². The van der Waals surface area contributed by atoms with Crippen molar-refractivity contribution < 1.29 is 13.9 Å². The molecule has 2 aromatic carbocycles. The van der Waals surface area contributed by atoms with Gasteiger partial charge < -0.3 is 14.8 Å². The molecule has 0 saturated heterocycles. The second-order valence-electron chi connectivity index (χ2n) is 5.25. The van der Waals surface area contributed by atoms with Crippen LogP contribution in [0.1, 0.15) is 18.1 Å². The Morgan fingerprint density at radius 1 is 1.08 bits per heavy atom. The van der Waals surface area contributed by atoms with Gasteiger partial charge in [0.1, 0.15) is 18.8 Å². The van der Waals surface area contributed by atoms with E-state index in [1.165, 1.54) is 12.4 Å². The molecule has 0 saturated carbocycles. The highest BCUT2D eigenvalue weighted by molar-refractivity contribution is 5.48. The Labute approximate surface area is 145 Å². The topological polar surface area (TPSA) is 72.1 Å². The lowest BCUT2D eigenvalue weighted by molar-refractivity contribution is 0.263. The summed E-state index contributed by atoms with van der Waals surface area (Å²) in [6, 6.07) is 12.2. The van der Waals surface area contributed by atoms with E-state index in [0.29, 0.717) is 36.2 Å². The number of aromatic amines is 1. The van der Waals surface area contributed by atoms with Crippen LogP contribution in [-0.2, 0) is 13.2 Å². The fourth-order valence-corrected chi connectivity index (χ4v) is 2.37. The standard InChI is InChI=1S/C18H19FN4O2/c1-2-24-16-9-5-7-13(10-20-18-21-12-22-23-18)17(16)25-11-14-6-3-4-8-15(14)19/h3-9,12H,2,10-11H2,1H3,(H2,20,21,22,23). The van der Waals surface area contributed by atoms with Gasteiger partial charge in [0.05, 0.1) is 6.61 Å². The molecule has 0 fully saturated rings. The van der Waals surface area contributed by atoms with Crippen LogP contribution in [-0.4, -0.2) is 21.8 Å². The molecule has 1 aromatic heterocycles. The Balaban J connectivity index is 1.79. The molecule has 130 valence electrons. The first-order chi connectivity index (χ1) is 12.3. The zero-order chi connectivity index (χ0) is 17.5. The highest BCUT2D eigenvalue weighted by atomic mass is 19.1. The van der Waals surface area contributed by atoms with Gasteiger partial charge in [-0.15, -0.1) is 0 Å². The van der Waals surface area contributed by atoms with Gasteiger partial charge in [-0.1, -0.05) is 30.3 Å². The van der Waals surface area contributed by atoms with Gasteiger partial charge in [-0.25, -0.2) is 14.5 Å². The quantitative estimate of drug-likeness (QED) is 0.655. The van der Waals surface area contributed by atoms with Gasteiger partial charge in [0.25, 0.3) is 0 Å². The maximum atomic E-state index is 13.8. The highest BCUT2D eigenvalue weighted by Crippen LogP contribution is 2.32. The van der Waals surface area contributed by atoms with Crippen LogP contribution in [0.25, 0.3) is 0 Å². The molecule has 3 aromatic rings. The Bertz CT molecular complexity index is 809. The monoisotopic (exact) mass is 342 g/mol. The van der Waals surface area contributed by atoms with Crippen LogP contribution in [0.2, 0.25) is 0 Å². The zero-order valence-electron chi connectivity index (χ0n) is 13.8. The van der Waals surface area contributed by atoms with Gasteiger partial charge in [-0.05, 0) is 19.1 Å². The molecule has 0 spiro atoms. The lowest BCUT2D eigenvalue weighted by atomic mass is 10.1. The summed E-state index contributed by atoms with van der Waals surface area (Å²) in [5.41, 5.74) is 1.36. The molecular formula is C18H19FN4O2. The van der Waals surface area contributed by atoms with E-state index in [-0.39, 0.29) is 12.4 Å². The molecule has 0 unspecified atom stereocenters. The fourth-order valence-electron chi connectivity index (χ4n) is 2.37. The molecule has 2 N–H and O–H groups in total. The van der Waals surface area contributed by atoms with Crippen LogP contribution in [0.5, 0.6) is 11.5 Å². The molecule has 1 heterocycles. The van der Waals surface area contributed by atoms with Gasteiger partial charge in [0, 0.05) is 17.7 Å². The number of anilines is 1. The Morgan fingerprint density at radius 3 is 2.68 bits per heavy atom. The number of halogens is 1. The zero-order valence-corrected chi connectivity index (χ0v) is 13.8. The summed E-state index contributed by atoms with van der Waals surface area (Å²) in [5.74, 6) is 1.47. The van der Waals surface area contributed by atoms with Crippen molar-refractivity contribution in [3.05, 3.63) is 65.7 Å². The molecule has 0 aliphatic carbocycles. The van der Waals surface area contributed by atoms with Gasteiger partial charge in [-0.3, -0.25) is 0 Å². The molecule has 0 aliphatic rings. The van der Waals surface area contributed by atoms with Crippen molar-refractivity contribution in [1.29, 1.82) is 0 Å². The molecule has 25 heavy (non-hydrogen) atoms. The van der Waals surface area contributed by atoms with Crippen molar-refractivity contribution in [3.8, 4) is 11.5 Å². The molecule has 0 atom stereocenters. The third kappa shape index (κ3) is 4.26. The van der Waals surface area contributed by atoms with Gasteiger partial charge in [-0.2, -0.15) is 5.10 Å². The molecule has 7 heteroatoms. The second kappa shape index (κ2) is 8.14. The smallest absolute Gasteiger partial charge is 0.218 e. The maximum absolute atomic E-state index is 13.8. The number of aromatic nitrogens is 3. The van der Waals surface area contributed by atoms with Gasteiger partial charge in [0.15, 0.2) is 11.5 Å². The van der Waals surface area contributed by atoms with Crippen molar-refractivity contribution in [2.24, 2.45) is 0 Å². The van der Waals surface area contributed by atoms with Crippen LogP contribution in [0.3, 0.4) is 0 Å². The number of ether oxygens (including phenoxy) is 2.